The number of aliphatic hydroxyl groups excluding tert-OH is 1. The van der Waals surface area contributed by atoms with Crippen LogP contribution in [0.5, 0.6) is 0 Å². The van der Waals surface area contributed by atoms with Gasteiger partial charge in [-0.25, -0.2) is 18.9 Å². The maximum atomic E-state index is 15.0. The molecule has 41 nitrogen and oxygen atoms in total. The zero-order valence-electron chi connectivity index (χ0n) is 74.7. The number of esters is 1. The Labute approximate surface area is 736 Å². The highest BCUT2D eigenvalue weighted by atomic mass is 31.2. The predicted molar refractivity (Wildman–Crippen MR) is 456 cm³/mol. The van der Waals surface area contributed by atoms with Crippen LogP contribution in [0.3, 0.4) is 0 Å². The number of urea groups is 1. The van der Waals surface area contributed by atoms with Crippen LogP contribution < -0.4 is 53.6 Å². The number of nitrogens with two attached hydrogens (primary N) is 1. The number of phosphoric acid groups is 1. The molecule has 706 valence electrons. The number of imide groups is 1. The fourth-order valence-electron chi connectivity index (χ4n) is 14.8. The number of carbonyl (C=O) groups excluding carboxylic acids is 14. The summed E-state index contributed by atoms with van der Waals surface area (Å²) < 4.78 is 62.0. The molecule has 126 heavy (non-hydrogen) atoms. The van der Waals surface area contributed by atoms with Crippen LogP contribution in [-0.4, -0.2) is 304 Å². The number of primary amides is 1. The number of carbonyl (C=O) groups is 14. The van der Waals surface area contributed by atoms with Crippen molar-refractivity contribution >= 4 is 96.6 Å². The number of aliphatic hydroxyl groups is 1. The van der Waals surface area contributed by atoms with E-state index < -0.39 is 188 Å². The molecule has 14 amide bonds. The van der Waals surface area contributed by atoms with E-state index in [9.17, 15) is 86.6 Å². The Balaban J connectivity index is 1.15. The molecule has 5 rings (SSSR count). The second kappa shape index (κ2) is 54.5. The summed E-state index contributed by atoms with van der Waals surface area (Å²) in [7, 11) is 0.967. The Morgan fingerprint density at radius 3 is 1.83 bits per heavy atom. The standard InChI is InChI=1S/C84H133N14O27P/c1-15-53(8)73(63(117-13)48-69(104)97-36-20-24-62(97)74(118-14)54(9)76(105)88-55(10)75(125-126(114,115)116)57-21-17-16-18-22-57)95(11)81(110)71(51(4)5)94-80(109)72(52(6)7)96(12)84(113)124-49-56-25-27-58(28-26-56)89-77(106)59(23-19-34-87-83(85)112)92-79(108)70(50(2)3)93-78(107)61(47-66(101)90-60-32-39-123-82(60)111)91-65(100)33-38-119-41-43-121-45-46-122-44-42-120-40-35-86-64(99)31-37-98-67(102)29-30-68(98)103/h16-18,21-22,25-30,50-55,59-63,70-75,80,94,109H,15,19-20,23-24,31-49H2,1-14H3,(H,86,99)(H,88,105)(H,89,106)(H,90,101)(H,91,100)(H,92,108)(H,93,107)(H3,85,87,112)(H2,114,115,116)/t53-,54+,55+,59-,60-,61-,62-,63+,70-,71-,72-,73?,74+,75?,80?/m0/s1. The minimum Gasteiger partial charge on any atom is -0.464 e. The summed E-state index contributed by atoms with van der Waals surface area (Å²) in [6, 6.07) is 4.23. The van der Waals surface area contributed by atoms with Crippen LogP contribution in [0.2, 0.25) is 0 Å². The number of benzene rings is 2. The van der Waals surface area contributed by atoms with E-state index in [1.807, 2.05) is 13.8 Å². The monoisotopic (exact) mass is 1800 g/mol. The van der Waals surface area contributed by atoms with Gasteiger partial charge in [-0.1, -0.05) is 111 Å². The van der Waals surface area contributed by atoms with E-state index in [0.717, 1.165) is 17.1 Å². The molecule has 2 fully saturated rings. The number of phosphoric ester groups is 1. The van der Waals surface area contributed by atoms with Gasteiger partial charge < -0.3 is 116 Å². The Morgan fingerprint density at radius 1 is 0.643 bits per heavy atom. The average molecular weight is 1800 g/mol. The number of cyclic esters (lactones) is 1. The van der Waals surface area contributed by atoms with Crippen molar-refractivity contribution in [3.63, 3.8) is 0 Å². The molecule has 2 aromatic carbocycles. The second-order valence-corrected chi connectivity index (χ2v) is 33.5. The number of likely N-dealkylation sites (tertiary alicyclic amines) is 1. The molecule has 0 bridgehead atoms. The summed E-state index contributed by atoms with van der Waals surface area (Å²) >= 11 is 0. The van der Waals surface area contributed by atoms with E-state index in [4.69, 9.17) is 48.2 Å². The van der Waals surface area contributed by atoms with Gasteiger partial charge in [0.15, 0.2) is 0 Å². The topological polar surface area (TPSA) is 547 Å². The summed E-state index contributed by atoms with van der Waals surface area (Å²) in [4.78, 5) is 211. The van der Waals surface area contributed by atoms with Crippen molar-refractivity contribution in [3.05, 3.63) is 77.9 Å². The lowest BCUT2D eigenvalue weighted by molar-refractivity contribution is -0.147. The molecule has 3 aliphatic rings. The highest BCUT2D eigenvalue weighted by Gasteiger charge is 2.45. The van der Waals surface area contributed by atoms with Crippen molar-refractivity contribution in [3.8, 4) is 0 Å². The first-order valence-electron chi connectivity index (χ1n) is 42.7. The van der Waals surface area contributed by atoms with Gasteiger partial charge in [-0.05, 0) is 79.5 Å². The number of hydrogen-bond acceptors (Lipinski definition) is 26. The van der Waals surface area contributed by atoms with Gasteiger partial charge in [-0.15, -0.1) is 0 Å². The molecule has 2 aromatic rings. The molecule has 0 saturated carbocycles. The first-order valence-corrected chi connectivity index (χ1v) is 44.2. The number of ether oxygens (including phenoxy) is 8. The van der Waals surface area contributed by atoms with Crippen molar-refractivity contribution in [1.82, 2.24) is 62.1 Å². The van der Waals surface area contributed by atoms with E-state index >= 15 is 0 Å². The number of anilines is 1. The third kappa shape index (κ3) is 35.5. The number of nitrogens with one attached hydrogen (secondary N) is 9. The Morgan fingerprint density at radius 2 is 1.26 bits per heavy atom. The number of likely N-dealkylation sites (N-methyl/N-ethyl adjacent to an activating group) is 2. The Kier molecular flexibility index (Phi) is 46.2. The number of methoxy groups -OCH3 is 2. The quantitative estimate of drug-likeness (QED) is 0.0147. The smallest absolute Gasteiger partial charge is 0.464 e. The third-order valence-electron chi connectivity index (χ3n) is 21.9. The highest BCUT2D eigenvalue weighted by molar-refractivity contribution is 7.46. The molecule has 0 radical (unpaired) electrons. The van der Waals surface area contributed by atoms with Gasteiger partial charge in [0.05, 0.1) is 121 Å². The minimum atomic E-state index is -5.00. The van der Waals surface area contributed by atoms with Crippen molar-refractivity contribution in [2.24, 2.45) is 35.3 Å². The third-order valence-corrected chi connectivity index (χ3v) is 22.4. The van der Waals surface area contributed by atoms with Gasteiger partial charge in [-0.3, -0.25) is 67.5 Å². The van der Waals surface area contributed by atoms with Gasteiger partial charge >= 0.3 is 25.9 Å². The fraction of sp³-hybridized carbons (Fsp3) is 0.667. The van der Waals surface area contributed by atoms with E-state index in [2.05, 4.69) is 47.9 Å². The summed E-state index contributed by atoms with van der Waals surface area (Å²) in [6.07, 6.45) is -2.15. The molecule has 0 aliphatic carbocycles. The molecular weight excluding hydrogens is 1670 g/mol. The van der Waals surface area contributed by atoms with Crippen LogP contribution in [0.15, 0.2) is 66.7 Å². The maximum Gasteiger partial charge on any atom is 0.470 e. The van der Waals surface area contributed by atoms with Crippen LogP contribution in [0.1, 0.15) is 151 Å². The Bertz CT molecular complexity index is 3940. The normalized spacial score (nSPS) is 17.7. The molecule has 0 aromatic heterocycles. The molecule has 15 atom stereocenters. The molecule has 3 aliphatic heterocycles. The Hall–Kier alpha value is -9.65. The van der Waals surface area contributed by atoms with Crippen molar-refractivity contribution in [1.29, 1.82) is 0 Å². The zero-order chi connectivity index (χ0) is 93.5. The predicted octanol–water partition coefficient (Wildman–Crippen LogP) is 1.69. The van der Waals surface area contributed by atoms with Gasteiger partial charge in [0.2, 0.25) is 53.2 Å². The van der Waals surface area contributed by atoms with Crippen LogP contribution in [0.4, 0.5) is 15.3 Å². The average Bonchev–Trinajstić information content (AvgIpc) is 1.30. The van der Waals surface area contributed by atoms with E-state index in [1.54, 1.807) is 110 Å². The number of hydrogen-bond donors (Lipinski definition) is 13. The van der Waals surface area contributed by atoms with Crippen LogP contribution in [-0.2, 0) is 111 Å². The molecular formula is C84H133N14O27P. The molecule has 14 N–H and O–H groups in total. The summed E-state index contributed by atoms with van der Waals surface area (Å²) in [5.41, 5.74) is 6.44. The molecule has 42 heteroatoms. The van der Waals surface area contributed by atoms with Crippen molar-refractivity contribution < 1.29 is 129 Å². The highest BCUT2D eigenvalue weighted by Crippen LogP contribution is 2.44. The van der Waals surface area contributed by atoms with Crippen LogP contribution >= 0.6 is 7.82 Å². The van der Waals surface area contributed by atoms with Crippen LogP contribution in [0.25, 0.3) is 0 Å². The summed E-state index contributed by atoms with van der Waals surface area (Å²) in [6.45, 7) is 19.0. The molecule has 0 spiro atoms. The SMILES string of the molecule is CC[C@H](C)C([C@@H](CC(=O)N1CCC[C@H]1[C@H](OC)[C@@H](C)C(=O)N[C@H](C)C(OP(=O)(O)O)c1ccccc1)OC)N(C)C(=O)[C@@H](NC(O)[C@H](C(C)C)N(C)C(=O)OCc1ccc(NC(=O)[C@H](CCCNC(N)=O)NC(=O)[C@@H](NC(=O)[C@H](CC(=O)N[C@H]2CCOC2=O)NC(=O)CCOCCOCCOCCOCCNC(=O)CCN2C(=O)C=CC2=O)C(C)C)cc1)C(C)C. The van der Waals surface area contributed by atoms with Gasteiger partial charge in [0.25, 0.3) is 11.8 Å². The van der Waals surface area contributed by atoms with E-state index in [-0.39, 0.29) is 148 Å². The first-order chi connectivity index (χ1) is 59.7. The van der Waals surface area contributed by atoms with Gasteiger partial charge in [0.1, 0.15) is 43.1 Å². The molecule has 3 unspecified atom stereocenters. The first kappa shape index (κ1) is 107. The number of rotatable bonds is 58. The van der Waals surface area contributed by atoms with Gasteiger partial charge in [0, 0.05) is 91.6 Å². The summed E-state index contributed by atoms with van der Waals surface area (Å²) in [5, 5.41) is 36.2. The lowest BCUT2D eigenvalue weighted by Crippen LogP contribution is -2.61. The van der Waals surface area contributed by atoms with Crippen molar-refractivity contribution in [2.75, 3.05) is 119 Å². The lowest BCUT2D eigenvalue weighted by atomic mass is 9.89. The molecule has 3 heterocycles. The number of nitrogens with zero attached hydrogens (tertiary/aromatic N) is 4. The fourth-order valence-corrected chi connectivity index (χ4v) is 15.4. The summed E-state index contributed by atoms with van der Waals surface area (Å²) in [5.74, 6) is -9.81. The second-order valence-electron chi connectivity index (χ2n) is 32.3. The van der Waals surface area contributed by atoms with Crippen LogP contribution in [0, 0.1) is 29.6 Å². The van der Waals surface area contributed by atoms with Crippen molar-refractivity contribution in [2.45, 2.75) is 219 Å². The largest absolute Gasteiger partial charge is 0.470 e. The lowest BCUT2D eigenvalue weighted by Gasteiger charge is -2.42. The minimum absolute atomic E-state index is 0.00610. The zero-order valence-corrected chi connectivity index (χ0v) is 75.6. The maximum absolute atomic E-state index is 15.0. The van der Waals surface area contributed by atoms with E-state index in [1.165, 1.54) is 43.2 Å². The van der Waals surface area contributed by atoms with E-state index in [0.29, 0.717) is 36.9 Å². The number of amides is 14. The van der Waals surface area contributed by atoms with Gasteiger partial charge in [-0.2, -0.15) is 0 Å². The molecule has 2 saturated heterocycles.